The number of hydrogen-bond donors (Lipinski definition) is 1. The number of benzene rings is 1. The second-order valence-corrected chi connectivity index (χ2v) is 6.89. The molecule has 3 aromatic heterocycles. The molecule has 0 amide bonds. The van der Waals surface area contributed by atoms with Crippen molar-refractivity contribution in [3.8, 4) is 17.1 Å². The van der Waals surface area contributed by atoms with Crippen LogP contribution in [0.3, 0.4) is 0 Å². The molecule has 0 aliphatic rings. The van der Waals surface area contributed by atoms with E-state index in [4.69, 9.17) is 12.2 Å². The summed E-state index contributed by atoms with van der Waals surface area (Å²) in [6.07, 6.45) is -3.18. The first-order chi connectivity index (χ1) is 13.7. The fourth-order valence-corrected chi connectivity index (χ4v) is 3.45. The summed E-state index contributed by atoms with van der Waals surface area (Å²) in [5.41, 5.74) is -0.684. The Morgan fingerprint density at radius 1 is 1.14 bits per heavy atom. The van der Waals surface area contributed by atoms with Crippen molar-refractivity contribution in [2.24, 2.45) is 7.05 Å². The number of alkyl halides is 3. The van der Waals surface area contributed by atoms with Gasteiger partial charge in [0.2, 0.25) is 0 Å². The average molecular weight is 417 g/mol. The van der Waals surface area contributed by atoms with E-state index in [9.17, 15) is 18.0 Å². The minimum atomic E-state index is -4.77. The van der Waals surface area contributed by atoms with Gasteiger partial charge in [0.25, 0.3) is 5.56 Å². The van der Waals surface area contributed by atoms with Gasteiger partial charge in [0.05, 0.1) is 22.3 Å². The summed E-state index contributed by atoms with van der Waals surface area (Å²) >= 11 is 5.28. The summed E-state index contributed by atoms with van der Waals surface area (Å²) < 4.78 is 44.4. The van der Waals surface area contributed by atoms with E-state index >= 15 is 0 Å². The first kappa shape index (κ1) is 19.1. The second kappa shape index (κ2) is 6.66. The van der Waals surface area contributed by atoms with Crippen molar-refractivity contribution < 1.29 is 13.2 Å². The Morgan fingerprint density at radius 2 is 1.86 bits per heavy atom. The minimum Gasteiger partial charge on any atom is -0.298 e. The Kier molecular flexibility index (Phi) is 4.38. The number of halogens is 3. The molecular formula is C19H14F3N5OS. The molecule has 6 nitrogen and oxygen atoms in total. The van der Waals surface area contributed by atoms with Crippen molar-refractivity contribution in [3.05, 3.63) is 68.8 Å². The standard InChI is InChI=1S/C19H14F3N5OS/c1-10-5-3-4-6-14(10)27-16-15(17(28)24-18(27)29)11(19(20,21)22)9-13(23-16)12-7-8-26(2)25-12/h3-9H,1-2H3,(H,24,28,29). The van der Waals surface area contributed by atoms with Crippen molar-refractivity contribution in [1.82, 2.24) is 24.3 Å². The van der Waals surface area contributed by atoms with Crippen molar-refractivity contribution in [3.63, 3.8) is 0 Å². The highest BCUT2D eigenvalue weighted by atomic mass is 32.1. The average Bonchev–Trinajstić information content (AvgIpc) is 3.08. The third-order valence-corrected chi connectivity index (χ3v) is 4.79. The summed E-state index contributed by atoms with van der Waals surface area (Å²) in [6, 6.07) is 9.41. The van der Waals surface area contributed by atoms with Crippen LogP contribution in [0, 0.1) is 11.7 Å². The maximum Gasteiger partial charge on any atom is 0.417 e. The third-order valence-electron chi connectivity index (χ3n) is 4.50. The van der Waals surface area contributed by atoms with Gasteiger partial charge in [-0.05, 0) is 42.9 Å². The lowest BCUT2D eigenvalue weighted by molar-refractivity contribution is -0.136. The molecule has 10 heteroatoms. The molecule has 29 heavy (non-hydrogen) atoms. The maximum absolute atomic E-state index is 13.9. The maximum atomic E-state index is 13.9. The number of para-hydroxylation sites is 1. The Morgan fingerprint density at radius 3 is 2.48 bits per heavy atom. The number of H-pyrrole nitrogens is 1. The number of aryl methyl sites for hydroxylation is 2. The van der Waals surface area contributed by atoms with Crippen LogP contribution in [0.5, 0.6) is 0 Å². The predicted octanol–water partition coefficient (Wildman–Crippen LogP) is 4.17. The van der Waals surface area contributed by atoms with Gasteiger partial charge in [-0.1, -0.05) is 18.2 Å². The van der Waals surface area contributed by atoms with Gasteiger partial charge in [0.15, 0.2) is 10.4 Å². The van der Waals surface area contributed by atoms with Crippen LogP contribution in [0.25, 0.3) is 28.1 Å². The van der Waals surface area contributed by atoms with E-state index in [0.29, 0.717) is 5.69 Å². The van der Waals surface area contributed by atoms with Gasteiger partial charge >= 0.3 is 6.18 Å². The molecule has 0 bridgehead atoms. The van der Waals surface area contributed by atoms with E-state index in [1.54, 1.807) is 50.5 Å². The summed E-state index contributed by atoms with van der Waals surface area (Å²) in [5.74, 6) is 0. The molecule has 0 saturated carbocycles. The molecule has 0 saturated heterocycles. The van der Waals surface area contributed by atoms with Crippen LogP contribution in [0.2, 0.25) is 0 Å². The summed E-state index contributed by atoms with van der Waals surface area (Å²) in [6.45, 7) is 1.79. The number of fused-ring (bicyclic) bond motifs is 1. The number of aromatic nitrogens is 5. The van der Waals surface area contributed by atoms with Gasteiger partial charge in [-0.2, -0.15) is 18.3 Å². The molecule has 0 atom stereocenters. The summed E-state index contributed by atoms with van der Waals surface area (Å²) in [5, 5.41) is 3.57. The molecule has 0 spiro atoms. The number of rotatable bonds is 2. The van der Waals surface area contributed by atoms with E-state index in [1.165, 1.54) is 9.25 Å². The van der Waals surface area contributed by atoms with E-state index in [2.05, 4.69) is 15.1 Å². The van der Waals surface area contributed by atoms with Crippen LogP contribution in [0.1, 0.15) is 11.1 Å². The molecular weight excluding hydrogens is 403 g/mol. The largest absolute Gasteiger partial charge is 0.417 e. The molecule has 1 N–H and O–H groups in total. The third kappa shape index (κ3) is 3.25. The number of nitrogens with zero attached hydrogens (tertiary/aromatic N) is 4. The van der Waals surface area contributed by atoms with Gasteiger partial charge in [-0.3, -0.25) is 19.0 Å². The van der Waals surface area contributed by atoms with E-state index in [0.717, 1.165) is 11.6 Å². The highest BCUT2D eigenvalue weighted by Gasteiger charge is 2.36. The lowest BCUT2D eigenvalue weighted by atomic mass is 10.1. The monoisotopic (exact) mass is 417 g/mol. The van der Waals surface area contributed by atoms with Gasteiger partial charge in [-0.15, -0.1) is 0 Å². The topological polar surface area (TPSA) is 68.5 Å². The first-order valence-electron chi connectivity index (χ1n) is 8.50. The van der Waals surface area contributed by atoms with Crippen LogP contribution in [0.15, 0.2) is 47.4 Å². The molecule has 4 aromatic rings. The smallest absolute Gasteiger partial charge is 0.298 e. The fourth-order valence-electron chi connectivity index (χ4n) is 3.17. The van der Waals surface area contributed by atoms with Crippen LogP contribution in [-0.2, 0) is 13.2 Å². The highest BCUT2D eigenvalue weighted by Crippen LogP contribution is 2.35. The lowest BCUT2D eigenvalue weighted by Gasteiger charge is -2.16. The highest BCUT2D eigenvalue weighted by molar-refractivity contribution is 7.71. The zero-order valence-corrected chi connectivity index (χ0v) is 16.1. The second-order valence-electron chi connectivity index (χ2n) is 6.51. The van der Waals surface area contributed by atoms with Gasteiger partial charge in [0, 0.05) is 13.2 Å². The van der Waals surface area contributed by atoms with Gasteiger partial charge in [0.1, 0.15) is 5.69 Å². The Hall–Kier alpha value is -3.27. The molecule has 0 aliphatic heterocycles. The zero-order valence-electron chi connectivity index (χ0n) is 15.3. The van der Waals surface area contributed by atoms with Crippen molar-refractivity contribution >= 4 is 23.3 Å². The molecule has 0 fully saturated rings. The van der Waals surface area contributed by atoms with Crippen LogP contribution < -0.4 is 5.56 Å². The number of nitrogens with one attached hydrogen (secondary N) is 1. The molecule has 1 aromatic carbocycles. The molecule has 148 valence electrons. The van der Waals surface area contributed by atoms with Crippen molar-refractivity contribution in [1.29, 1.82) is 0 Å². The fraction of sp³-hybridized carbons (Fsp3) is 0.158. The number of hydrogen-bond acceptors (Lipinski definition) is 4. The molecule has 3 heterocycles. The Labute approximate surface area is 167 Å². The molecule has 0 unspecified atom stereocenters. The zero-order chi connectivity index (χ0) is 20.9. The number of aromatic amines is 1. The normalized spacial score (nSPS) is 11.9. The van der Waals surface area contributed by atoms with Crippen LogP contribution >= 0.6 is 12.2 Å². The molecule has 4 rings (SSSR count). The summed E-state index contributed by atoms with van der Waals surface area (Å²) in [7, 11) is 1.65. The van der Waals surface area contributed by atoms with Crippen LogP contribution in [-0.4, -0.2) is 24.3 Å². The van der Waals surface area contributed by atoms with Crippen molar-refractivity contribution in [2.45, 2.75) is 13.1 Å². The number of pyridine rings is 1. The van der Waals surface area contributed by atoms with Gasteiger partial charge in [-0.25, -0.2) is 4.98 Å². The van der Waals surface area contributed by atoms with E-state index < -0.39 is 22.7 Å². The molecule has 0 aliphatic carbocycles. The van der Waals surface area contributed by atoms with Crippen molar-refractivity contribution in [2.75, 3.05) is 0 Å². The minimum absolute atomic E-state index is 0.00670. The first-order valence-corrected chi connectivity index (χ1v) is 8.91. The molecule has 0 radical (unpaired) electrons. The van der Waals surface area contributed by atoms with Crippen LogP contribution in [0.4, 0.5) is 13.2 Å². The quantitative estimate of drug-likeness (QED) is 0.497. The Balaban J connectivity index is 2.22. The SMILES string of the molecule is Cc1ccccc1-n1c(=S)[nH]c(=O)c2c(C(F)(F)F)cc(-c3ccn(C)n3)nc21. The lowest BCUT2D eigenvalue weighted by Crippen LogP contribution is -2.20. The van der Waals surface area contributed by atoms with E-state index in [-0.39, 0.29) is 21.8 Å². The predicted molar refractivity (Wildman–Crippen MR) is 104 cm³/mol. The van der Waals surface area contributed by atoms with Gasteiger partial charge < -0.3 is 0 Å². The Bertz CT molecular complexity index is 1370. The van der Waals surface area contributed by atoms with E-state index in [1.807, 2.05) is 0 Å². The summed E-state index contributed by atoms with van der Waals surface area (Å²) in [4.78, 5) is 19.2.